The number of hydrogen-bond donors (Lipinski definition) is 1. The van der Waals surface area contributed by atoms with E-state index in [0.717, 1.165) is 24.0 Å². The summed E-state index contributed by atoms with van der Waals surface area (Å²) in [5.74, 6) is 0.687. The number of benzene rings is 1. The monoisotopic (exact) mass is 262 g/mol. The summed E-state index contributed by atoms with van der Waals surface area (Å²) in [5.41, 5.74) is 8.40. The van der Waals surface area contributed by atoms with Gasteiger partial charge in [0.2, 0.25) is 0 Å². The van der Waals surface area contributed by atoms with Gasteiger partial charge in [0.1, 0.15) is 5.75 Å². The Bertz CT molecular complexity index is 481. The summed E-state index contributed by atoms with van der Waals surface area (Å²) >= 11 is 0. The number of hydrogen-bond acceptors (Lipinski definition) is 3. The Kier molecular flexibility index (Phi) is 4.55. The van der Waals surface area contributed by atoms with Crippen molar-refractivity contribution in [1.29, 1.82) is 0 Å². The summed E-state index contributed by atoms with van der Waals surface area (Å²) < 4.78 is 17.8. The lowest BCUT2D eigenvalue weighted by Crippen LogP contribution is -2.03. The third-order valence-corrected chi connectivity index (χ3v) is 2.90. The molecule has 3 nitrogen and oxygen atoms in total. The van der Waals surface area contributed by atoms with E-state index in [1.165, 1.54) is 0 Å². The van der Waals surface area contributed by atoms with Crippen molar-refractivity contribution in [2.45, 2.75) is 25.4 Å². The number of nitrogens with two attached hydrogens (primary N) is 1. The smallest absolute Gasteiger partial charge is 0.143 e. The van der Waals surface area contributed by atoms with E-state index in [9.17, 15) is 4.39 Å². The predicted octanol–water partition coefficient (Wildman–Crippen LogP) is 3.23. The average molecular weight is 262 g/mol. The second-order valence-corrected chi connectivity index (χ2v) is 4.62. The first-order chi connectivity index (χ1) is 9.24. The van der Waals surface area contributed by atoms with Gasteiger partial charge in [0.25, 0.3) is 0 Å². The van der Waals surface area contributed by atoms with E-state index < -0.39 is 0 Å². The summed E-state index contributed by atoms with van der Waals surface area (Å²) in [4.78, 5) is 4.17. The minimum absolute atomic E-state index is 0.290. The maximum atomic E-state index is 12.0. The van der Waals surface area contributed by atoms with Crippen LogP contribution in [0, 0.1) is 0 Å². The average Bonchev–Trinajstić information content (AvgIpc) is 3.22. The molecule has 0 saturated heterocycles. The van der Waals surface area contributed by atoms with Crippen molar-refractivity contribution in [3.05, 3.63) is 29.8 Å². The van der Waals surface area contributed by atoms with Gasteiger partial charge in [-0.05, 0) is 37.0 Å². The molecule has 1 fully saturated rings. The molecule has 2 rings (SSSR count). The Balaban J connectivity index is 2.19. The molecule has 19 heavy (non-hydrogen) atoms. The number of nitrogen functional groups attached to an aromatic ring is 1. The molecule has 1 aliphatic rings. The van der Waals surface area contributed by atoms with Crippen LogP contribution in [0.25, 0.3) is 6.08 Å². The Morgan fingerprint density at radius 3 is 2.89 bits per heavy atom. The van der Waals surface area contributed by atoms with Gasteiger partial charge in [0.05, 0.1) is 18.5 Å². The van der Waals surface area contributed by atoms with Crippen LogP contribution < -0.4 is 10.5 Å². The number of nitrogens with zero attached hydrogens (tertiary/aromatic N) is 1. The van der Waals surface area contributed by atoms with Gasteiger partial charge in [0.15, 0.2) is 0 Å². The molecular weight excluding hydrogens is 243 g/mol. The lowest BCUT2D eigenvalue weighted by atomic mass is 10.1. The van der Waals surface area contributed by atoms with Gasteiger partial charge < -0.3 is 10.5 Å². The summed E-state index contributed by atoms with van der Waals surface area (Å²) in [5, 5.41) is 0. The van der Waals surface area contributed by atoms with Crippen LogP contribution in [0.1, 0.15) is 30.4 Å². The molecule has 0 heterocycles. The van der Waals surface area contributed by atoms with Gasteiger partial charge in [-0.25, -0.2) is 0 Å². The van der Waals surface area contributed by atoms with Crippen LogP contribution in [-0.4, -0.2) is 25.5 Å². The van der Waals surface area contributed by atoms with Crippen LogP contribution in [0.5, 0.6) is 5.75 Å². The highest BCUT2D eigenvalue weighted by Crippen LogP contribution is 2.33. The Morgan fingerprint density at radius 2 is 2.26 bits per heavy atom. The SMILES string of the molecule is C=Cc1cc(C=NCCCF)c(N)c(OC2CC2)c1. The lowest BCUT2D eigenvalue weighted by Gasteiger charge is -2.11. The minimum atomic E-state index is -0.352. The number of ether oxygens (including phenoxy) is 1. The van der Waals surface area contributed by atoms with Crippen LogP contribution in [0.4, 0.5) is 10.1 Å². The fourth-order valence-corrected chi connectivity index (χ4v) is 1.67. The van der Waals surface area contributed by atoms with Gasteiger partial charge in [-0.3, -0.25) is 9.38 Å². The maximum absolute atomic E-state index is 12.0. The molecular formula is C15H19FN2O. The molecule has 0 atom stereocenters. The molecule has 0 aromatic heterocycles. The highest BCUT2D eigenvalue weighted by atomic mass is 19.1. The van der Waals surface area contributed by atoms with Crippen molar-refractivity contribution in [1.82, 2.24) is 0 Å². The maximum Gasteiger partial charge on any atom is 0.143 e. The van der Waals surface area contributed by atoms with Crippen LogP contribution in [-0.2, 0) is 0 Å². The molecule has 2 N–H and O–H groups in total. The van der Waals surface area contributed by atoms with E-state index in [-0.39, 0.29) is 6.67 Å². The number of halogens is 1. The topological polar surface area (TPSA) is 47.6 Å². The van der Waals surface area contributed by atoms with Crippen LogP contribution in [0.3, 0.4) is 0 Å². The van der Waals surface area contributed by atoms with Crippen LogP contribution >= 0.6 is 0 Å². The second-order valence-electron chi connectivity index (χ2n) is 4.62. The number of anilines is 1. The van der Waals surface area contributed by atoms with Crippen molar-refractivity contribution in [3.63, 3.8) is 0 Å². The van der Waals surface area contributed by atoms with Crippen molar-refractivity contribution in [3.8, 4) is 5.75 Å². The molecule has 0 spiro atoms. The quantitative estimate of drug-likeness (QED) is 0.466. The largest absolute Gasteiger partial charge is 0.488 e. The van der Waals surface area contributed by atoms with Crippen molar-refractivity contribution in [2.24, 2.45) is 4.99 Å². The van der Waals surface area contributed by atoms with E-state index in [1.807, 2.05) is 12.1 Å². The van der Waals surface area contributed by atoms with Gasteiger partial charge in [-0.1, -0.05) is 12.7 Å². The number of alkyl halides is 1. The Morgan fingerprint density at radius 1 is 1.47 bits per heavy atom. The van der Waals surface area contributed by atoms with E-state index >= 15 is 0 Å². The molecule has 102 valence electrons. The number of rotatable bonds is 7. The molecule has 0 radical (unpaired) electrons. The zero-order valence-corrected chi connectivity index (χ0v) is 10.9. The van der Waals surface area contributed by atoms with Crippen molar-refractivity contribution < 1.29 is 9.13 Å². The number of aliphatic imine (C=N–C) groups is 1. The normalized spacial score (nSPS) is 14.8. The van der Waals surface area contributed by atoms with E-state index in [4.69, 9.17) is 10.5 Å². The predicted molar refractivity (Wildman–Crippen MR) is 77.6 cm³/mol. The van der Waals surface area contributed by atoms with E-state index in [1.54, 1.807) is 12.3 Å². The highest BCUT2D eigenvalue weighted by Gasteiger charge is 2.24. The van der Waals surface area contributed by atoms with Gasteiger partial charge in [-0.15, -0.1) is 0 Å². The summed E-state index contributed by atoms with van der Waals surface area (Å²) in [7, 11) is 0. The summed E-state index contributed by atoms with van der Waals surface area (Å²) in [6, 6.07) is 3.79. The Hall–Kier alpha value is -1.84. The van der Waals surface area contributed by atoms with Gasteiger partial charge >= 0.3 is 0 Å². The fraction of sp³-hybridized carbons (Fsp3) is 0.400. The van der Waals surface area contributed by atoms with Crippen molar-refractivity contribution in [2.75, 3.05) is 19.0 Å². The second kappa shape index (κ2) is 6.36. The first-order valence-electron chi connectivity index (χ1n) is 6.53. The molecule has 0 aliphatic heterocycles. The highest BCUT2D eigenvalue weighted by molar-refractivity contribution is 5.90. The Labute approximate surface area is 113 Å². The molecule has 1 saturated carbocycles. The third kappa shape index (κ3) is 3.81. The molecule has 1 aliphatic carbocycles. The van der Waals surface area contributed by atoms with Gasteiger partial charge in [-0.2, -0.15) is 0 Å². The van der Waals surface area contributed by atoms with E-state index in [0.29, 0.717) is 30.5 Å². The van der Waals surface area contributed by atoms with Gasteiger partial charge in [0, 0.05) is 18.3 Å². The molecule has 0 bridgehead atoms. The lowest BCUT2D eigenvalue weighted by molar-refractivity contribution is 0.305. The molecule has 1 aromatic rings. The minimum Gasteiger partial charge on any atom is -0.488 e. The molecule has 4 heteroatoms. The zero-order chi connectivity index (χ0) is 13.7. The van der Waals surface area contributed by atoms with Crippen LogP contribution in [0.2, 0.25) is 0 Å². The molecule has 1 aromatic carbocycles. The van der Waals surface area contributed by atoms with E-state index in [2.05, 4.69) is 11.6 Å². The fourth-order valence-electron chi connectivity index (χ4n) is 1.67. The van der Waals surface area contributed by atoms with Crippen molar-refractivity contribution >= 4 is 18.0 Å². The standard InChI is InChI=1S/C15H19FN2O/c1-2-11-8-12(10-18-7-3-6-16)15(17)14(9-11)19-13-4-5-13/h2,8-10,13H,1,3-7,17H2. The zero-order valence-electron chi connectivity index (χ0n) is 10.9. The summed E-state index contributed by atoms with van der Waals surface area (Å²) in [6.07, 6.45) is 6.31. The first-order valence-corrected chi connectivity index (χ1v) is 6.53. The third-order valence-electron chi connectivity index (χ3n) is 2.90. The summed E-state index contributed by atoms with van der Waals surface area (Å²) in [6.45, 7) is 3.87. The molecule has 0 amide bonds. The molecule has 0 unspecified atom stereocenters. The van der Waals surface area contributed by atoms with Crippen LogP contribution in [0.15, 0.2) is 23.7 Å². The first kappa shape index (κ1) is 13.6.